The van der Waals surface area contributed by atoms with E-state index in [9.17, 15) is 14.7 Å². The van der Waals surface area contributed by atoms with Crippen molar-refractivity contribution in [2.45, 2.75) is 32.1 Å². The largest absolute Gasteiger partial charge is 0.481 e. The topological polar surface area (TPSA) is 75.6 Å². The normalized spacial score (nSPS) is 16.4. The number of ether oxygens (including phenoxy) is 1. The van der Waals surface area contributed by atoms with Crippen LogP contribution < -0.4 is 5.32 Å². The van der Waals surface area contributed by atoms with Gasteiger partial charge in [-0.3, -0.25) is 9.59 Å². The van der Waals surface area contributed by atoms with E-state index >= 15 is 0 Å². The van der Waals surface area contributed by atoms with Gasteiger partial charge in [0.1, 0.15) is 0 Å². The van der Waals surface area contributed by atoms with Crippen LogP contribution in [-0.2, 0) is 20.7 Å². The lowest BCUT2D eigenvalue weighted by Gasteiger charge is -2.27. The van der Waals surface area contributed by atoms with Gasteiger partial charge in [-0.25, -0.2) is 0 Å². The molecular weight excluding hydrogens is 365 g/mol. The van der Waals surface area contributed by atoms with Crippen molar-refractivity contribution in [2.75, 3.05) is 19.8 Å². The van der Waals surface area contributed by atoms with Crippen molar-refractivity contribution in [3.8, 4) is 0 Å². The van der Waals surface area contributed by atoms with Gasteiger partial charge in [0, 0.05) is 26.2 Å². The molecule has 1 aromatic rings. The van der Waals surface area contributed by atoms with Gasteiger partial charge in [0.15, 0.2) is 0 Å². The summed E-state index contributed by atoms with van der Waals surface area (Å²) >= 11 is 11.8. The van der Waals surface area contributed by atoms with Gasteiger partial charge in [0.25, 0.3) is 0 Å². The highest BCUT2D eigenvalue weighted by Gasteiger charge is 2.29. The zero-order valence-electron chi connectivity index (χ0n) is 14.0. The maximum absolute atomic E-state index is 12.0. The van der Waals surface area contributed by atoms with Gasteiger partial charge in [-0.05, 0) is 49.3 Å². The van der Waals surface area contributed by atoms with Crippen molar-refractivity contribution in [3.05, 3.63) is 33.8 Å². The van der Waals surface area contributed by atoms with Gasteiger partial charge >= 0.3 is 5.97 Å². The van der Waals surface area contributed by atoms with Crippen LogP contribution in [0.15, 0.2) is 18.2 Å². The van der Waals surface area contributed by atoms with Crippen LogP contribution in [0.5, 0.6) is 0 Å². The van der Waals surface area contributed by atoms with Crippen molar-refractivity contribution in [3.63, 3.8) is 0 Å². The Morgan fingerprint density at radius 3 is 2.60 bits per heavy atom. The van der Waals surface area contributed by atoms with Gasteiger partial charge in [-0.2, -0.15) is 0 Å². The summed E-state index contributed by atoms with van der Waals surface area (Å²) in [5.41, 5.74) is 1.02. The molecular formula is C18H23Cl2NO4. The van der Waals surface area contributed by atoms with Gasteiger partial charge in [0.05, 0.1) is 16.0 Å². The van der Waals surface area contributed by atoms with Crippen LogP contribution in [0.25, 0.3) is 0 Å². The molecule has 0 aliphatic carbocycles. The number of carboxylic acid groups (broad SMARTS) is 1. The summed E-state index contributed by atoms with van der Waals surface area (Å²) in [5.74, 6) is -1.48. The number of carboxylic acids is 1. The fraction of sp³-hybridized carbons (Fsp3) is 0.556. The first-order valence-corrected chi connectivity index (χ1v) is 9.24. The fourth-order valence-electron chi connectivity index (χ4n) is 3.03. The number of hydrogen-bond donors (Lipinski definition) is 2. The zero-order valence-corrected chi connectivity index (χ0v) is 15.5. The minimum atomic E-state index is -0.858. The average Bonchev–Trinajstić information content (AvgIpc) is 2.59. The molecule has 1 aliphatic heterocycles. The van der Waals surface area contributed by atoms with E-state index in [1.54, 1.807) is 12.1 Å². The molecule has 0 aromatic heterocycles. The van der Waals surface area contributed by atoms with Crippen molar-refractivity contribution >= 4 is 35.1 Å². The number of amides is 1. The molecule has 0 saturated carbocycles. The van der Waals surface area contributed by atoms with Gasteiger partial charge in [0.2, 0.25) is 5.91 Å². The van der Waals surface area contributed by atoms with Crippen molar-refractivity contribution in [1.29, 1.82) is 0 Å². The first-order chi connectivity index (χ1) is 12.0. The van der Waals surface area contributed by atoms with Crippen LogP contribution in [0.4, 0.5) is 0 Å². The third kappa shape index (κ3) is 6.49. The summed E-state index contributed by atoms with van der Waals surface area (Å²) in [4.78, 5) is 23.4. The molecule has 0 bridgehead atoms. The predicted molar refractivity (Wildman–Crippen MR) is 97.1 cm³/mol. The summed E-state index contributed by atoms with van der Waals surface area (Å²) in [5, 5.41) is 13.2. The van der Waals surface area contributed by atoms with Gasteiger partial charge < -0.3 is 15.2 Å². The number of carbonyl (C=O) groups excluding carboxylic acids is 1. The standard InChI is InChI=1S/C18H23Cl2NO4/c19-15-5-4-12(10-16(15)20)2-1-3-17(22)21-11-14(18(23)24)13-6-8-25-9-7-13/h4-5,10,13-14H,1-3,6-9,11H2,(H,21,22)(H,23,24). The monoisotopic (exact) mass is 387 g/mol. The first kappa shape index (κ1) is 20.0. The number of benzene rings is 1. The van der Waals surface area contributed by atoms with Crippen LogP contribution >= 0.6 is 23.2 Å². The minimum absolute atomic E-state index is 0.0581. The molecule has 25 heavy (non-hydrogen) atoms. The molecule has 1 heterocycles. The SMILES string of the molecule is O=C(CCCc1ccc(Cl)c(Cl)c1)NCC(C(=O)O)C1CCOCC1. The van der Waals surface area contributed by atoms with E-state index < -0.39 is 11.9 Å². The van der Waals surface area contributed by atoms with E-state index in [0.717, 1.165) is 18.4 Å². The van der Waals surface area contributed by atoms with Crippen LogP contribution in [0.1, 0.15) is 31.2 Å². The molecule has 1 aromatic carbocycles. The Labute approximate surface area is 157 Å². The molecule has 7 heteroatoms. The molecule has 1 saturated heterocycles. The summed E-state index contributed by atoms with van der Waals surface area (Å²) in [6.07, 6.45) is 3.18. The van der Waals surface area contributed by atoms with Crippen LogP contribution in [0.2, 0.25) is 10.0 Å². The number of aryl methyl sites for hydroxylation is 1. The van der Waals surface area contributed by atoms with Crippen molar-refractivity contribution < 1.29 is 19.4 Å². The Bertz CT molecular complexity index is 603. The van der Waals surface area contributed by atoms with Gasteiger partial charge in [-0.15, -0.1) is 0 Å². The molecule has 1 aliphatic rings. The van der Waals surface area contributed by atoms with Gasteiger partial charge in [-0.1, -0.05) is 29.3 Å². The quantitative estimate of drug-likeness (QED) is 0.714. The van der Waals surface area contributed by atoms with E-state index in [-0.39, 0.29) is 18.4 Å². The van der Waals surface area contributed by atoms with Crippen LogP contribution in [0, 0.1) is 11.8 Å². The maximum Gasteiger partial charge on any atom is 0.308 e. The van der Waals surface area contributed by atoms with E-state index in [1.165, 1.54) is 0 Å². The second-order valence-corrected chi connectivity index (χ2v) is 7.12. The second kappa shape index (κ2) is 10.00. The Balaban J connectivity index is 1.73. The fourth-order valence-corrected chi connectivity index (χ4v) is 3.35. The van der Waals surface area contributed by atoms with E-state index in [4.69, 9.17) is 27.9 Å². The Hall–Kier alpha value is -1.30. The van der Waals surface area contributed by atoms with Crippen LogP contribution in [0.3, 0.4) is 0 Å². The molecule has 0 spiro atoms. The van der Waals surface area contributed by atoms with E-state index in [0.29, 0.717) is 42.5 Å². The average molecular weight is 388 g/mol. The summed E-state index contributed by atoms with van der Waals surface area (Å²) in [6, 6.07) is 5.43. The molecule has 1 unspecified atom stereocenters. The molecule has 138 valence electrons. The lowest BCUT2D eigenvalue weighted by atomic mass is 9.86. The summed E-state index contributed by atoms with van der Waals surface area (Å²) < 4.78 is 5.27. The predicted octanol–water partition coefficient (Wildman–Crippen LogP) is 3.56. The number of aliphatic carboxylic acids is 1. The molecule has 2 N–H and O–H groups in total. The van der Waals surface area contributed by atoms with Crippen LogP contribution in [-0.4, -0.2) is 36.7 Å². The van der Waals surface area contributed by atoms with E-state index in [2.05, 4.69) is 5.32 Å². The smallest absolute Gasteiger partial charge is 0.308 e. The number of carbonyl (C=O) groups is 2. The summed E-state index contributed by atoms with van der Waals surface area (Å²) in [7, 11) is 0. The highest BCUT2D eigenvalue weighted by atomic mass is 35.5. The molecule has 1 fully saturated rings. The zero-order chi connectivity index (χ0) is 18.2. The maximum atomic E-state index is 12.0. The number of rotatable bonds is 8. The number of nitrogens with one attached hydrogen (secondary N) is 1. The highest BCUT2D eigenvalue weighted by molar-refractivity contribution is 6.42. The Kier molecular flexibility index (Phi) is 8.00. The van der Waals surface area contributed by atoms with E-state index in [1.807, 2.05) is 6.07 Å². The number of hydrogen-bond acceptors (Lipinski definition) is 3. The lowest BCUT2D eigenvalue weighted by Crippen LogP contribution is -2.38. The molecule has 1 atom stereocenters. The van der Waals surface area contributed by atoms with Crippen molar-refractivity contribution in [1.82, 2.24) is 5.32 Å². The second-order valence-electron chi connectivity index (χ2n) is 6.30. The highest BCUT2D eigenvalue weighted by Crippen LogP contribution is 2.24. The first-order valence-electron chi connectivity index (χ1n) is 8.48. The lowest BCUT2D eigenvalue weighted by molar-refractivity contribution is -0.144. The van der Waals surface area contributed by atoms with Crippen molar-refractivity contribution in [2.24, 2.45) is 11.8 Å². The third-order valence-corrected chi connectivity index (χ3v) is 5.26. The molecule has 0 radical (unpaired) electrons. The third-order valence-electron chi connectivity index (χ3n) is 4.52. The summed E-state index contributed by atoms with van der Waals surface area (Å²) in [6.45, 7) is 1.35. The Morgan fingerprint density at radius 1 is 1.24 bits per heavy atom. The molecule has 2 rings (SSSR count). The number of halogens is 2. The minimum Gasteiger partial charge on any atom is -0.481 e. The Morgan fingerprint density at radius 2 is 1.96 bits per heavy atom. The molecule has 1 amide bonds. The molecule has 5 nitrogen and oxygen atoms in total.